The Kier molecular flexibility index (Phi) is 4.43. The number of halogens is 2. The molecule has 82 valence electrons. The second kappa shape index (κ2) is 5.38. The van der Waals surface area contributed by atoms with Crippen molar-refractivity contribution in [2.75, 3.05) is 5.88 Å². The Balaban J connectivity index is 2.73. The third-order valence-corrected chi connectivity index (χ3v) is 2.71. The molecule has 0 heterocycles. The van der Waals surface area contributed by atoms with Crippen molar-refractivity contribution >= 4 is 29.0 Å². The van der Waals surface area contributed by atoms with Crippen molar-refractivity contribution < 1.29 is 9.53 Å². The molecule has 1 aromatic carbocycles. The second-order valence-electron chi connectivity index (χ2n) is 3.27. The van der Waals surface area contributed by atoms with Crippen molar-refractivity contribution in [2.24, 2.45) is 0 Å². The summed E-state index contributed by atoms with van der Waals surface area (Å²) in [6.45, 7) is 3.55. The van der Waals surface area contributed by atoms with E-state index in [0.29, 0.717) is 10.8 Å². The van der Waals surface area contributed by atoms with Crippen LogP contribution in [0.25, 0.3) is 0 Å². The fraction of sp³-hybridized carbons (Fsp3) is 0.364. The van der Waals surface area contributed by atoms with Crippen LogP contribution >= 0.6 is 23.2 Å². The van der Waals surface area contributed by atoms with Crippen LogP contribution in [0.1, 0.15) is 12.5 Å². The molecule has 15 heavy (non-hydrogen) atoms. The number of carbonyl (C=O) groups is 1. The molecule has 0 fully saturated rings. The molecule has 0 aliphatic heterocycles. The maximum absolute atomic E-state index is 11.2. The third-order valence-electron chi connectivity index (χ3n) is 2.03. The molecule has 0 spiro atoms. The molecule has 0 aliphatic rings. The van der Waals surface area contributed by atoms with Crippen LogP contribution in [0.5, 0.6) is 5.75 Å². The molecular weight excluding hydrogens is 235 g/mol. The van der Waals surface area contributed by atoms with Gasteiger partial charge in [-0.15, -0.1) is 11.6 Å². The van der Waals surface area contributed by atoms with Gasteiger partial charge in [-0.2, -0.15) is 0 Å². The smallest absolute Gasteiger partial charge is 0.187 e. The number of ketones is 1. The van der Waals surface area contributed by atoms with Crippen molar-refractivity contribution in [3.05, 3.63) is 28.8 Å². The Bertz CT molecular complexity index is 364. The van der Waals surface area contributed by atoms with Gasteiger partial charge >= 0.3 is 0 Å². The Labute approximate surface area is 99.1 Å². The summed E-state index contributed by atoms with van der Waals surface area (Å²) in [5, 5.41) is 0.679. The number of carbonyl (C=O) groups excluding carboxylic acids is 1. The number of hydrogen-bond acceptors (Lipinski definition) is 2. The quantitative estimate of drug-likeness (QED) is 0.763. The van der Waals surface area contributed by atoms with Gasteiger partial charge in [0, 0.05) is 5.02 Å². The summed E-state index contributed by atoms with van der Waals surface area (Å²) in [6, 6.07) is 5.26. The molecular formula is C11H12Cl2O2. The number of benzene rings is 1. The Morgan fingerprint density at radius 1 is 1.53 bits per heavy atom. The highest BCUT2D eigenvalue weighted by atomic mass is 35.5. The first-order valence-corrected chi connectivity index (χ1v) is 5.47. The highest BCUT2D eigenvalue weighted by Gasteiger charge is 2.13. The first-order valence-electron chi connectivity index (χ1n) is 4.56. The predicted octanol–water partition coefficient (Wildman–Crippen LogP) is 3.22. The molecule has 2 nitrogen and oxygen atoms in total. The van der Waals surface area contributed by atoms with Gasteiger partial charge in [0.2, 0.25) is 0 Å². The molecule has 0 saturated carbocycles. The van der Waals surface area contributed by atoms with Crippen LogP contribution in [0.4, 0.5) is 0 Å². The minimum atomic E-state index is -0.525. The Morgan fingerprint density at radius 2 is 2.20 bits per heavy atom. The van der Waals surface area contributed by atoms with Gasteiger partial charge in [-0.3, -0.25) is 4.79 Å². The minimum Gasteiger partial charge on any atom is -0.483 e. The highest BCUT2D eigenvalue weighted by Crippen LogP contribution is 2.21. The van der Waals surface area contributed by atoms with Gasteiger partial charge in [-0.25, -0.2) is 0 Å². The van der Waals surface area contributed by atoms with Gasteiger partial charge in [0.1, 0.15) is 5.75 Å². The Hall–Kier alpha value is -0.730. The number of hydrogen-bond donors (Lipinski definition) is 0. The molecule has 0 aliphatic carbocycles. The molecule has 1 aromatic rings. The fourth-order valence-electron chi connectivity index (χ4n) is 1.07. The van der Waals surface area contributed by atoms with Crippen LogP contribution in [0.3, 0.4) is 0 Å². The molecule has 0 amide bonds. The second-order valence-corrected chi connectivity index (χ2v) is 3.95. The van der Waals surface area contributed by atoms with Crippen LogP contribution in [0, 0.1) is 6.92 Å². The molecule has 4 heteroatoms. The largest absolute Gasteiger partial charge is 0.483 e. The molecule has 0 saturated heterocycles. The van der Waals surface area contributed by atoms with Crippen molar-refractivity contribution in [2.45, 2.75) is 20.0 Å². The van der Waals surface area contributed by atoms with Gasteiger partial charge in [0.05, 0.1) is 5.88 Å². The van der Waals surface area contributed by atoms with E-state index in [1.54, 1.807) is 25.1 Å². The number of rotatable bonds is 4. The van der Waals surface area contributed by atoms with E-state index in [2.05, 4.69) is 0 Å². The monoisotopic (exact) mass is 246 g/mol. The molecule has 1 rings (SSSR count). The van der Waals surface area contributed by atoms with Crippen LogP contribution in [-0.2, 0) is 4.79 Å². The van der Waals surface area contributed by atoms with Crippen molar-refractivity contribution in [1.29, 1.82) is 0 Å². The van der Waals surface area contributed by atoms with Crippen LogP contribution < -0.4 is 4.74 Å². The lowest BCUT2D eigenvalue weighted by Gasteiger charge is -2.13. The SMILES string of the molecule is Cc1cc(OC(C)C(=O)CCl)ccc1Cl. The zero-order chi connectivity index (χ0) is 11.4. The zero-order valence-corrected chi connectivity index (χ0v) is 10.1. The van der Waals surface area contributed by atoms with Crippen molar-refractivity contribution in [1.82, 2.24) is 0 Å². The average Bonchev–Trinajstić information content (AvgIpc) is 2.22. The van der Waals surface area contributed by atoms with E-state index < -0.39 is 6.10 Å². The summed E-state index contributed by atoms with van der Waals surface area (Å²) in [5.74, 6) is 0.459. The summed E-state index contributed by atoms with van der Waals surface area (Å²) in [7, 11) is 0. The lowest BCUT2D eigenvalue weighted by molar-refractivity contribution is -0.122. The summed E-state index contributed by atoms with van der Waals surface area (Å²) in [6.07, 6.45) is -0.525. The predicted molar refractivity (Wildman–Crippen MR) is 62.0 cm³/mol. The fourth-order valence-corrected chi connectivity index (χ4v) is 1.40. The van der Waals surface area contributed by atoms with E-state index >= 15 is 0 Å². The average molecular weight is 247 g/mol. The van der Waals surface area contributed by atoms with Gasteiger partial charge in [0.25, 0.3) is 0 Å². The van der Waals surface area contributed by atoms with Gasteiger partial charge in [0.15, 0.2) is 11.9 Å². The number of alkyl halides is 1. The van der Waals surface area contributed by atoms with Crippen molar-refractivity contribution in [3.8, 4) is 5.75 Å². The molecule has 1 unspecified atom stereocenters. The maximum atomic E-state index is 11.2. The zero-order valence-electron chi connectivity index (χ0n) is 8.59. The number of aryl methyl sites for hydroxylation is 1. The van der Waals surface area contributed by atoms with Gasteiger partial charge < -0.3 is 4.74 Å². The van der Waals surface area contributed by atoms with E-state index in [4.69, 9.17) is 27.9 Å². The summed E-state index contributed by atoms with van der Waals surface area (Å²) in [5.41, 5.74) is 0.916. The van der Waals surface area contributed by atoms with Crippen molar-refractivity contribution in [3.63, 3.8) is 0 Å². The van der Waals surface area contributed by atoms with E-state index in [1.807, 2.05) is 6.92 Å². The van der Waals surface area contributed by atoms with E-state index in [9.17, 15) is 4.79 Å². The van der Waals surface area contributed by atoms with E-state index in [1.165, 1.54) is 0 Å². The summed E-state index contributed by atoms with van der Waals surface area (Å²) in [4.78, 5) is 11.2. The topological polar surface area (TPSA) is 26.3 Å². The molecule has 0 radical (unpaired) electrons. The standard InChI is InChI=1S/C11H12Cl2O2/c1-7-5-9(3-4-10(7)13)15-8(2)11(14)6-12/h3-5,8H,6H2,1-2H3. The lowest BCUT2D eigenvalue weighted by Crippen LogP contribution is -2.24. The number of ether oxygens (including phenoxy) is 1. The maximum Gasteiger partial charge on any atom is 0.187 e. The molecule has 0 aromatic heterocycles. The normalized spacial score (nSPS) is 12.3. The van der Waals surface area contributed by atoms with E-state index in [-0.39, 0.29) is 11.7 Å². The summed E-state index contributed by atoms with van der Waals surface area (Å²) >= 11 is 11.3. The third kappa shape index (κ3) is 3.40. The van der Waals surface area contributed by atoms with Crippen LogP contribution in [0.2, 0.25) is 5.02 Å². The number of Topliss-reactive ketones (excluding diaryl/α,β-unsaturated/α-hetero) is 1. The Morgan fingerprint density at radius 3 is 2.73 bits per heavy atom. The highest BCUT2D eigenvalue weighted by molar-refractivity contribution is 6.31. The van der Waals surface area contributed by atoms with Crippen LogP contribution in [0.15, 0.2) is 18.2 Å². The molecule has 0 N–H and O–H groups in total. The first-order chi connectivity index (χ1) is 7.04. The first kappa shape index (κ1) is 12.3. The molecule has 1 atom stereocenters. The van der Waals surface area contributed by atoms with Crippen LogP contribution in [-0.4, -0.2) is 17.8 Å². The summed E-state index contributed by atoms with van der Waals surface area (Å²) < 4.78 is 5.41. The minimum absolute atomic E-state index is 0.0340. The van der Waals surface area contributed by atoms with Gasteiger partial charge in [-0.1, -0.05) is 11.6 Å². The lowest BCUT2D eigenvalue weighted by atomic mass is 10.2. The van der Waals surface area contributed by atoms with E-state index in [0.717, 1.165) is 5.56 Å². The molecule has 0 bridgehead atoms. The van der Waals surface area contributed by atoms with Gasteiger partial charge in [-0.05, 0) is 37.6 Å².